The molecule has 1 aliphatic rings. The van der Waals surface area contributed by atoms with Crippen molar-refractivity contribution >= 4 is 44.3 Å². The van der Waals surface area contributed by atoms with E-state index in [0.29, 0.717) is 37.8 Å². The molecular formula is C30H29N3O3S. The van der Waals surface area contributed by atoms with E-state index in [2.05, 4.69) is 81.4 Å². The van der Waals surface area contributed by atoms with E-state index < -0.39 is 5.97 Å². The van der Waals surface area contributed by atoms with E-state index in [1.165, 1.54) is 22.0 Å². The van der Waals surface area contributed by atoms with Crippen LogP contribution in [0.4, 0.5) is 0 Å². The average Bonchev–Trinajstić information content (AvgIpc) is 3.61. The molecule has 3 aromatic heterocycles. The first-order chi connectivity index (χ1) is 18.0. The fourth-order valence-electron chi connectivity index (χ4n) is 5.52. The van der Waals surface area contributed by atoms with Gasteiger partial charge in [-0.2, -0.15) is 0 Å². The number of carboxylic acids is 1. The summed E-state index contributed by atoms with van der Waals surface area (Å²) >= 11 is 1.58. The van der Waals surface area contributed by atoms with Crippen LogP contribution in [-0.2, 0) is 17.9 Å². The third kappa shape index (κ3) is 4.79. The van der Waals surface area contributed by atoms with Gasteiger partial charge in [0, 0.05) is 42.4 Å². The van der Waals surface area contributed by atoms with Crippen LogP contribution in [0.15, 0.2) is 78.4 Å². The van der Waals surface area contributed by atoms with E-state index in [4.69, 9.17) is 0 Å². The zero-order valence-electron chi connectivity index (χ0n) is 20.5. The van der Waals surface area contributed by atoms with Crippen LogP contribution in [0.5, 0.6) is 0 Å². The Morgan fingerprint density at radius 1 is 0.892 bits per heavy atom. The molecule has 37 heavy (non-hydrogen) atoms. The van der Waals surface area contributed by atoms with E-state index in [-0.39, 0.29) is 17.9 Å². The zero-order chi connectivity index (χ0) is 25.4. The molecule has 6 rings (SSSR count). The number of nitrogens with one attached hydrogen (secondary N) is 1. The molecule has 3 heterocycles. The molecule has 1 amide bonds. The number of fused-ring (bicyclic) bond motifs is 2. The van der Waals surface area contributed by atoms with Crippen LogP contribution in [0, 0.1) is 5.92 Å². The Morgan fingerprint density at radius 2 is 1.65 bits per heavy atom. The molecule has 1 fully saturated rings. The molecule has 6 nitrogen and oxygen atoms in total. The van der Waals surface area contributed by atoms with Crippen molar-refractivity contribution in [2.24, 2.45) is 5.92 Å². The Kier molecular flexibility index (Phi) is 6.30. The lowest BCUT2D eigenvalue weighted by atomic mass is 9.86. The van der Waals surface area contributed by atoms with E-state index in [0.717, 1.165) is 16.8 Å². The van der Waals surface area contributed by atoms with Gasteiger partial charge in [0.15, 0.2) is 0 Å². The number of aliphatic carboxylic acids is 1. The summed E-state index contributed by atoms with van der Waals surface area (Å²) in [6.45, 7) is 1.53. The number of benzene rings is 2. The number of nitrogens with zero attached hydrogens (tertiary/aromatic N) is 2. The van der Waals surface area contributed by atoms with Gasteiger partial charge in [0.2, 0.25) is 0 Å². The summed E-state index contributed by atoms with van der Waals surface area (Å²) in [5, 5.41) is 15.5. The topological polar surface area (TPSA) is 76.3 Å². The Labute approximate surface area is 219 Å². The summed E-state index contributed by atoms with van der Waals surface area (Å²) in [7, 11) is 0. The second-order valence-corrected chi connectivity index (χ2v) is 10.9. The summed E-state index contributed by atoms with van der Waals surface area (Å²) in [4.78, 5) is 24.4. The van der Waals surface area contributed by atoms with Crippen LogP contribution >= 0.6 is 11.3 Å². The maximum absolute atomic E-state index is 13.2. The van der Waals surface area contributed by atoms with Crippen LogP contribution in [0.25, 0.3) is 21.1 Å². The van der Waals surface area contributed by atoms with Crippen molar-refractivity contribution in [1.29, 1.82) is 0 Å². The molecule has 1 saturated carbocycles. The van der Waals surface area contributed by atoms with E-state index >= 15 is 0 Å². The Balaban J connectivity index is 1.19. The van der Waals surface area contributed by atoms with E-state index in [1.807, 2.05) is 11.4 Å². The normalized spacial score (nSPS) is 17.8. The van der Waals surface area contributed by atoms with Gasteiger partial charge in [-0.05, 0) is 66.5 Å². The smallest absolute Gasteiger partial charge is 0.306 e. The number of carbonyl (C=O) groups is 2. The SMILES string of the molecule is O=C(NC1CCC(C(=O)O)CC1)c1csc2ccn(Cc3ccc4c(ccn4Cc4ccccc4)c3)c12. The highest BCUT2D eigenvalue weighted by Crippen LogP contribution is 2.30. The molecule has 188 valence electrons. The van der Waals surface area contributed by atoms with Gasteiger partial charge in [0.25, 0.3) is 5.91 Å². The van der Waals surface area contributed by atoms with Crippen molar-refractivity contribution in [3.63, 3.8) is 0 Å². The highest BCUT2D eigenvalue weighted by molar-refractivity contribution is 7.17. The molecule has 2 aromatic carbocycles. The van der Waals surface area contributed by atoms with Crippen LogP contribution in [0.3, 0.4) is 0 Å². The number of rotatable bonds is 7. The van der Waals surface area contributed by atoms with Gasteiger partial charge in [-0.3, -0.25) is 9.59 Å². The molecule has 5 aromatic rings. The molecule has 2 N–H and O–H groups in total. The van der Waals surface area contributed by atoms with Gasteiger partial charge >= 0.3 is 5.97 Å². The predicted octanol–water partition coefficient (Wildman–Crippen LogP) is 6.13. The van der Waals surface area contributed by atoms with Crippen molar-refractivity contribution in [2.75, 3.05) is 0 Å². The predicted molar refractivity (Wildman–Crippen MR) is 147 cm³/mol. The number of thiophene rings is 1. The van der Waals surface area contributed by atoms with Gasteiger partial charge in [0.1, 0.15) is 0 Å². The Hall–Kier alpha value is -3.84. The molecule has 1 aliphatic carbocycles. The second-order valence-electron chi connectivity index (χ2n) is 9.99. The number of hydrogen-bond acceptors (Lipinski definition) is 3. The standard InChI is InChI=1S/C30H29N3O3S/c34-29(31-24-9-7-22(8-10-24)30(35)36)25-19-37-27-13-15-33(28(25)27)18-21-6-11-26-23(16-21)12-14-32(26)17-20-4-2-1-3-5-20/h1-6,11-16,19,22,24H,7-10,17-18H2,(H,31,34)(H,35,36). The van der Waals surface area contributed by atoms with Gasteiger partial charge in [-0.1, -0.05) is 36.4 Å². The summed E-state index contributed by atoms with van der Waals surface area (Å²) < 4.78 is 5.52. The minimum absolute atomic E-state index is 0.0313. The minimum atomic E-state index is -0.729. The first-order valence-electron chi connectivity index (χ1n) is 12.8. The number of amides is 1. The highest BCUT2D eigenvalue weighted by atomic mass is 32.1. The quantitative estimate of drug-likeness (QED) is 0.276. The number of aromatic nitrogens is 2. The van der Waals surface area contributed by atoms with Gasteiger partial charge in [0.05, 0.1) is 21.7 Å². The zero-order valence-corrected chi connectivity index (χ0v) is 21.3. The lowest BCUT2D eigenvalue weighted by Crippen LogP contribution is -2.38. The largest absolute Gasteiger partial charge is 0.481 e. The van der Waals surface area contributed by atoms with Crippen molar-refractivity contribution in [3.8, 4) is 0 Å². The lowest BCUT2D eigenvalue weighted by molar-refractivity contribution is -0.142. The van der Waals surface area contributed by atoms with Gasteiger partial charge in [-0.25, -0.2) is 0 Å². The maximum Gasteiger partial charge on any atom is 0.306 e. The first kappa shape index (κ1) is 23.6. The first-order valence-corrected chi connectivity index (χ1v) is 13.6. The number of carboxylic acid groups (broad SMARTS) is 1. The van der Waals surface area contributed by atoms with Crippen LogP contribution < -0.4 is 5.32 Å². The van der Waals surface area contributed by atoms with Gasteiger partial charge in [-0.15, -0.1) is 11.3 Å². The summed E-state index contributed by atoms with van der Waals surface area (Å²) in [6.07, 6.45) is 6.85. The Morgan fingerprint density at radius 3 is 2.43 bits per heavy atom. The molecule has 0 unspecified atom stereocenters. The van der Waals surface area contributed by atoms with Crippen LogP contribution in [0.2, 0.25) is 0 Å². The fourth-order valence-corrected chi connectivity index (χ4v) is 6.46. The average molecular weight is 512 g/mol. The molecule has 0 bridgehead atoms. The molecule has 0 aliphatic heterocycles. The fraction of sp³-hybridized carbons (Fsp3) is 0.267. The molecule has 0 radical (unpaired) electrons. The summed E-state index contributed by atoms with van der Waals surface area (Å²) in [6, 6.07) is 21.3. The third-order valence-electron chi connectivity index (χ3n) is 7.53. The third-order valence-corrected chi connectivity index (χ3v) is 8.46. The van der Waals surface area contributed by atoms with Gasteiger partial charge < -0.3 is 19.6 Å². The minimum Gasteiger partial charge on any atom is -0.481 e. The van der Waals surface area contributed by atoms with Crippen molar-refractivity contribution in [1.82, 2.24) is 14.5 Å². The monoisotopic (exact) mass is 511 g/mol. The highest BCUT2D eigenvalue weighted by Gasteiger charge is 2.27. The molecule has 0 spiro atoms. The van der Waals surface area contributed by atoms with Crippen LogP contribution in [-0.4, -0.2) is 32.2 Å². The van der Waals surface area contributed by atoms with Crippen molar-refractivity contribution in [2.45, 2.75) is 44.8 Å². The number of hydrogen-bond donors (Lipinski definition) is 2. The van der Waals surface area contributed by atoms with E-state index in [1.54, 1.807) is 11.3 Å². The number of carbonyl (C=O) groups excluding carboxylic acids is 1. The van der Waals surface area contributed by atoms with Crippen molar-refractivity contribution in [3.05, 3.63) is 95.1 Å². The molecular weight excluding hydrogens is 482 g/mol. The second kappa shape index (κ2) is 9.90. The molecule has 7 heteroatoms. The summed E-state index contributed by atoms with van der Waals surface area (Å²) in [5.74, 6) is -1.09. The Bertz CT molecular complexity index is 1570. The van der Waals surface area contributed by atoms with Crippen LogP contribution in [0.1, 0.15) is 47.2 Å². The summed E-state index contributed by atoms with van der Waals surface area (Å²) in [5.41, 5.74) is 5.33. The maximum atomic E-state index is 13.2. The van der Waals surface area contributed by atoms with Crippen molar-refractivity contribution < 1.29 is 14.7 Å². The molecule has 0 saturated heterocycles. The lowest BCUT2D eigenvalue weighted by Gasteiger charge is -2.26. The molecule has 0 atom stereocenters. The van der Waals surface area contributed by atoms with E-state index in [9.17, 15) is 14.7 Å².